The van der Waals surface area contributed by atoms with E-state index in [-0.39, 0.29) is 6.61 Å². The molecular weight excluding hydrogens is 589 g/mol. The first-order valence-electron chi connectivity index (χ1n) is 14.7. The van der Waals surface area contributed by atoms with Gasteiger partial charge in [0, 0.05) is 64.2 Å². The lowest BCUT2D eigenvalue weighted by Crippen LogP contribution is -2.52. The highest BCUT2D eigenvalue weighted by molar-refractivity contribution is 7.62. The molecule has 0 spiro atoms. The number of nitrogens with zero attached hydrogens (tertiary/aromatic N) is 5. The topological polar surface area (TPSA) is 104 Å². The zero-order chi connectivity index (χ0) is 30.4. The van der Waals surface area contributed by atoms with E-state index in [0.717, 1.165) is 63.5 Å². The van der Waals surface area contributed by atoms with Gasteiger partial charge >= 0.3 is 7.60 Å². The predicted octanol–water partition coefficient (Wildman–Crippen LogP) is 5.34. The second kappa shape index (κ2) is 14.2. The summed E-state index contributed by atoms with van der Waals surface area (Å²) < 4.78 is 29.8. The average Bonchev–Trinajstić information content (AvgIpc) is 3.03. The Kier molecular flexibility index (Phi) is 10.4. The van der Waals surface area contributed by atoms with Crippen LogP contribution in [0.25, 0.3) is 0 Å². The Labute approximate surface area is 259 Å². The van der Waals surface area contributed by atoms with Gasteiger partial charge in [0.05, 0.1) is 36.6 Å². The summed E-state index contributed by atoms with van der Waals surface area (Å²) >= 11 is 6.46. The molecule has 2 aromatic carbocycles. The number of hydrogen-bond acceptors (Lipinski definition) is 11. The van der Waals surface area contributed by atoms with Crippen molar-refractivity contribution in [2.45, 2.75) is 25.8 Å². The molecule has 0 radical (unpaired) electrons. The van der Waals surface area contributed by atoms with Gasteiger partial charge in [0.1, 0.15) is 10.8 Å². The van der Waals surface area contributed by atoms with Crippen LogP contribution >= 0.6 is 19.2 Å². The number of likely N-dealkylation sites (N-methyl/N-ethyl adjacent to an activating group) is 1. The van der Waals surface area contributed by atoms with Crippen molar-refractivity contribution in [2.75, 3.05) is 82.7 Å². The second-order valence-corrected chi connectivity index (χ2v) is 13.2. The molecule has 11 nitrogen and oxygen atoms in total. The average molecular weight is 630 g/mol. The Bertz CT molecular complexity index is 1430. The highest BCUT2D eigenvalue weighted by atomic mass is 35.5. The lowest BCUT2D eigenvalue weighted by atomic mass is 10.0. The van der Waals surface area contributed by atoms with E-state index in [1.165, 1.54) is 13.3 Å². The van der Waals surface area contributed by atoms with Crippen molar-refractivity contribution in [3.05, 3.63) is 53.7 Å². The monoisotopic (exact) mass is 629 g/mol. The Morgan fingerprint density at radius 1 is 1.00 bits per heavy atom. The number of ether oxygens (including phenoxy) is 1. The number of aromatic nitrogens is 2. The van der Waals surface area contributed by atoms with Crippen LogP contribution in [0.1, 0.15) is 19.8 Å². The Morgan fingerprint density at radius 3 is 2.44 bits per heavy atom. The molecule has 3 aromatic rings. The molecule has 1 unspecified atom stereocenters. The van der Waals surface area contributed by atoms with Gasteiger partial charge in [-0.2, -0.15) is 4.98 Å². The minimum atomic E-state index is -3.54. The number of anilines is 5. The number of halogens is 1. The quantitative estimate of drug-likeness (QED) is 0.269. The van der Waals surface area contributed by atoms with Crippen molar-refractivity contribution < 1.29 is 18.3 Å². The minimum absolute atomic E-state index is 0.233. The van der Waals surface area contributed by atoms with E-state index in [0.29, 0.717) is 39.6 Å². The molecule has 1 atom stereocenters. The van der Waals surface area contributed by atoms with E-state index in [1.807, 2.05) is 12.1 Å². The molecule has 2 aliphatic heterocycles. The van der Waals surface area contributed by atoms with Gasteiger partial charge in [-0.05, 0) is 51.1 Å². The van der Waals surface area contributed by atoms with Crippen molar-refractivity contribution in [2.24, 2.45) is 0 Å². The van der Waals surface area contributed by atoms with E-state index >= 15 is 0 Å². The molecule has 2 aliphatic rings. The van der Waals surface area contributed by atoms with Gasteiger partial charge in [-0.3, -0.25) is 9.46 Å². The zero-order valence-corrected chi connectivity index (χ0v) is 26.9. The Morgan fingerprint density at radius 2 is 1.74 bits per heavy atom. The fourth-order valence-corrected chi connectivity index (χ4v) is 7.24. The predicted molar refractivity (Wildman–Crippen MR) is 173 cm³/mol. The Hall–Kier alpha value is -2.92. The van der Waals surface area contributed by atoms with Crippen molar-refractivity contribution in [3.8, 4) is 5.75 Å². The maximum atomic E-state index is 13.3. The van der Waals surface area contributed by atoms with Crippen LogP contribution in [0.3, 0.4) is 0 Å². The minimum Gasteiger partial charge on any atom is -0.494 e. The smallest absolute Gasteiger partial charge is 0.363 e. The van der Waals surface area contributed by atoms with Crippen LogP contribution in [0, 0.1) is 0 Å². The van der Waals surface area contributed by atoms with Gasteiger partial charge in [0.2, 0.25) is 5.95 Å². The summed E-state index contributed by atoms with van der Waals surface area (Å²) in [6.07, 6.45) is 3.83. The van der Waals surface area contributed by atoms with Crippen LogP contribution in [0.2, 0.25) is 5.02 Å². The standard InChI is InChI=1S/C30H41ClN7O4P/c1-5-42-43(39,41-4)28-9-7-6-8-26(28)33-29-24(31)21-32-30(35-29)34-25-11-10-23(20-27(25)40-3)37-14-12-22(13-15-37)38-18-16-36(2)17-19-38/h6-11,20-22H,5,12-19H2,1-4H3,(H2,32,33,34,35). The van der Waals surface area contributed by atoms with E-state index < -0.39 is 7.60 Å². The SMILES string of the molecule is CCOP(=O)(OC)c1ccccc1Nc1nc(Nc2ccc(N3CCC(N4CCN(C)CC4)CC3)cc2OC)ncc1Cl. The summed E-state index contributed by atoms with van der Waals surface area (Å²) in [5.74, 6) is 1.35. The van der Waals surface area contributed by atoms with Crippen LogP contribution in [0.4, 0.5) is 28.8 Å². The van der Waals surface area contributed by atoms with Crippen LogP contribution in [0.15, 0.2) is 48.7 Å². The number of benzene rings is 2. The molecule has 0 saturated carbocycles. The molecule has 2 saturated heterocycles. The molecule has 43 heavy (non-hydrogen) atoms. The third-order valence-corrected chi connectivity index (χ3v) is 10.4. The highest BCUT2D eigenvalue weighted by Gasteiger charge is 2.29. The van der Waals surface area contributed by atoms with Crippen molar-refractivity contribution >= 4 is 53.3 Å². The van der Waals surface area contributed by atoms with Gasteiger partial charge in [-0.25, -0.2) is 4.98 Å². The van der Waals surface area contributed by atoms with Gasteiger partial charge in [0.25, 0.3) is 0 Å². The third-order valence-electron chi connectivity index (χ3n) is 8.05. The third kappa shape index (κ3) is 7.42. The number of methoxy groups -OCH3 is 1. The number of para-hydroxylation sites is 1. The number of hydrogen-bond donors (Lipinski definition) is 2. The van der Waals surface area contributed by atoms with Gasteiger partial charge < -0.3 is 34.2 Å². The number of rotatable bonds is 11. The summed E-state index contributed by atoms with van der Waals surface area (Å²) in [7, 11) is 1.68. The van der Waals surface area contributed by atoms with E-state index in [2.05, 4.69) is 54.5 Å². The summed E-state index contributed by atoms with van der Waals surface area (Å²) in [6, 6.07) is 13.8. The van der Waals surface area contributed by atoms with Gasteiger partial charge in [0.15, 0.2) is 5.82 Å². The molecule has 13 heteroatoms. The van der Waals surface area contributed by atoms with Crippen LogP contribution < -0.4 is 25.6 Å². The van der Waals surface area contributed by atoms with Gasteiger partial charge in [-0.1, -0.05) is 23.7 Å². The second-order valence-electron chi connectivity index (χ2n) is 10.7. The first-order chi connectivity index (χ1) is 20.8. The fourth-order valence-electron chi connectivity index (χ4n) is 5.63. The first kappa shape index (κ1) is 31.5. The fraction of sp³-hybridized carbons (Fsp3) is 0.467. The van der Waals surface area contributed by atoms with Crippen molar-refractivity contribution in [1.82, 2.24) is 19.8 Å². The normalized spacial score (nSPS) is 18.3. The summed E-state index contributed by atoms with van der Waals surface area (Å²) in [5, 5.41) is 7.11. The molecule has 0 amide bonds. The molecule has 0 bridgehead atoms. The number of piperidine rings is 1. The largest absolute Gasteiger partial charge is 0.494 e. The molecule has 5 rings (SSSR count). The summed E-state index contributed by atoms with van der Waals surface area (Å²) in [4.78, 5) is 16.5. The first-order valence-corrected chi connectivity index (χ1v) is 16.6. The number of nitrogens with one attached hydrogen (secondary N) is 2. The molecule has 1 aromatic heterocycles. The molecular formula is C30H41ClN7O4P. The molecule has 3 heterocycles. The van der Waals surface area contributed by atoms with Gasteiger partial charge in [-0.15, -0.1) is 0 Å². The van der Waals surface area contributed by atoms with Crippen LogP contribution in [0.5, 0.6) is 5.75 Å². The van der Waals surface area contributed by atoms with Crippen LogP contribution in [-0.2, 0) is 13.6 Å². The van der Waals surface area contributed by atoms with E-state index in [1.54, 1.807) is 32.2 Å². The molecule has 232 valence electrons. The van der Waals surface area contributed by atoms with E-state index in [4.69, 9.17) is 25.4 Å². The molecule has 2 fully saturated rings. The lowest BCUT2D eigenvalue weighted by Gasteiger charge is -2.42. The maximum Gasteiger partial charge on any atom is 0.363 e. The Balaban J connectivity index is 1.28. The summed E-state index contributed by atoms with van der Waals surface area (Å²) in [6.45, 7) is 8.65. The lowest BCUT2D eigenvalue weighted by molar-refractivity contribution is 0.0982. The molecule has 2 N–H and O–H groups in total. The highest BCUT2D eigenvalue weighted by Crippen LogP contribution is 2.48. The zero-order valence-electron chi connectivity index (χ0n) is 25.3. The number of piperazine rings is 1. The van der Waals surface area contributed by atoms with E-state index in [9.17, 15) is 4.57 Å². The summed E-state index contributed by atoms with van der Waals surface area (Å²) in [5.41, 5.74) is 2.37. The van der Waals surface area contributed by atoms with Crippen molar-refractivity contribution in [1.29, 1.82) is 0 Å². The molecule has 0 aliphatic carbocycles. The maximum absolute atomic E-state index is 13.3. The van der Waals surface area contributed by atoms with Crippen LogP contribution in [-0.4, -0.2) is 93.0 Å². The van der Waals surface area contributed by atoms with Crippen molar-refractivity contribution in [3.63, 3.8) is 0 Å².